The van der Waals surface area contributed by atoms with Crippen LogP contribution in [0.2, 0.25) is 0 Å². The zero-order chi connectivity index (χ0) is 13.5. The van der Waals surface area contributed by atoms with Crippen molar-refractivity contribution in [1.82, 2.24) is 4.72 Å². The molecule has 1 aromatic rings. The molecular weight excluding hydrogens is 262 g/mol. The first-order valence-corrected chi connectivity index (χ1v) is 8.31. The van der Waals surface area contributed by atoms with Gasteiger partial charge in [-0.3, -0.25) is 0 Å². The summed E-state index contributed by atoms with van der Waals surface area (Å²) in [5, 5.41) is 0. The molecule has 0 spiro atoms. The first-order valence-electron chi connectivity index (χ1n) is 6.82. The van der Waals surface area contributed by atoms with Crippen LogP contribution in [0.3, 0.4) is 0 Å². The van der Waals surface area contributed by atoms with E-state index in [2.05, 4.69) is 11.6 Å². The second-order valence-electron chi connectivity index (χ2n) is 5.60. The summed E-state index contributed by atoms with van der Waals surface area (Å²) < 4.78 is 32.9. The highest BCUT2D eigenvalue weighted by Gasteiger charge is 2.27. The van der Waals surface area contributed by atoms with E-state index in [1.807, 2.05) is 0 Å². The summed E-state index contributed by atoms with van der Waals surface area (Å²) in [6.07, 6.45) is 3.77. The van der Waals surface area contributed by atoms with Gasteiger partial charge in [0.25, 0.3) is 0 Å². The van der Waals surface area contributed by atoms with E-state index in [0.717, 1.165) is 37.0 Å². The molecule has 0 saturated heterocycles. The minimum Gasteiger partial charge on any atom is -0.493 e. The Kier molecular flexibility index (Phi) is 3.27. The molecule has 1 N–H and O–H groups in total. The Morgan fingerprint density at radius 3 is 2.89 bits per heavy atom. The van der Waals surface area contributed by atoms with Gasteiger partial charge in [-0.25, -0.2) is 13.1 Å². The van der Waals surface area contributed by atoms with Crippen molar-refractivity contribution in [3.8, 4) is 5.75 Å². The quantitative estimate of drug-likeness (QED) is 0.923. The van der Waals surface area contributed by atoms with E-state index in [9.17, 15) is 8.42 Å². The average molecular weight is 281 g/mol. The summed E-state index contributed by atoms with van der Waals surface area (Å²) in [4.78, 5) is 0.358. The largest absolute Gasteiger partial charge is 0.493 e. The highest BCUT2D eigenvalue weighted by atomic mass is 32.2. The number of fused-ring (bicyclic) bond motifs is 1. The molecule has 0 bridgehead atoms. The lowest BCUT2D eigenvalue weighted by atomic mass is 10.1. The molecule has 19 heavy (non-hydrogen) atoms. The number of hydrogen-bond donors (Lipinski definition) is 1. The van der Waals surface area contributed by atoms with Crippen molar-refractivity contribution in [2.45, 2.75) is 43.5 Å². The Balaban J connectivity index is 1.80. The van der Waals surface area contributed by atoms with Crippen LogP contribution >= 0.6 is 0 Å². The Labute approximate surface area is 114 Å². The van der Waals surface area contributed by atoms with Crippen molar-refractivity contribution in [2.75, 3.05) is 6.61 Å². The van der Waals surface area contributed by atoms with Crippen LogP contribution in [0, 0.1) is 5.92 Å². The highest BCUT2D eigenvalue weighted by Crippen LogP contribution is 2.29. The van der Waals surface area contributed by atoms with Crippen molar-refractivity contribution in [2.24, 2.45) is 5.92 Å². The molecular formula is C14H19NO3S. The molecule has 1 aliphatic carbocycles. The van der Waals surface area contributed by atoms with Crippen molar-refractivity contribution in [3.05, 3.63) is 23.8 Å². The smallest absolute Gasteiger partial charge is 0.240 e. The zero-order valence-electron chi connectivity index (χ0n) is 11.1. The lowest BCUT2D eigenvalue weighted by molar-refractivity contribution is 0.356. The summed E-state index contributed by atoms with van der Waals surface area (Å²) >= 11 is 0. The minimum absolute atomic E-state index is 0.0875. The summed E-state index contributed by atoms with van der Waals surface area (Å²) in [5.41, 5.74) is 0.989. The SMILES string of the molecule is CC1CCC(NS(=O)(=O)c2ccc3c(c2)CCO3)C1. The third-order valence-corrected chi connectivity index (χ3v) is 5.51. The fourth-order valence-electron chi connectivity index (χ4n) is 2.93. The third kappa shape index (κ3) is 2.62. The Morgan fingerprint density at radius 2 is 2.16 bits per heavy atom. The van der Waals surface area contributed by atoms with Crippen LogP contribution in [-0.2, 0) is 16.4 Å². The van der Waals surface area contributed by atoms with E-state index < -0.39 is 10.0 Å². The fraction of sp³-hybridized carbons (Fsp3) is 0.571. The molecule has 2 atom stereocenters. The predicted molar refractivity (Wildman–Crippen MR) is 72.8 cm³/mol. The number of sulfonamides is 1. The van der Waals surface area contributed by atoms with Gasteiger partial charge in [0, 0.05) is 12.5 Å². The van der Waals surface area contributed by atoms with Gasteiger partial charge in [0.1, 0.15) is 5.75 Å². The van der Waals surface area contributed by atoms with Crippen LogP contribution in [0.1, 0.15) is 31.7 Å². The molecule has 2 aliphatic rings. The molecule has 1 saturated carbocycles. The Bertz CT molecular complexity index is 582. The third-order valence-electron chi connectivity index (χ3n) is 3.99. The summed E-state index contributed by atoms with van der Waals surface area (Å²) in [5.74, 6) is 1.43. The standard InChI is InChI=1S/C14H19NO3S/c1-10-2-3-12(8-10)15-19(16,17)13-4-5-14-11(9-13)6-7-18-14/h4-5,9-10,12,15H,2-3,6-8H2,1H3. The van der Waals surface area contributed by atoms with E-state index >= 15 is 0 Å². The van der Waals surface area contributed by atoms with Gasteiger partial charge in [-0.05, 0) is 48.9 Å². The average Bonchev–Trinajstić information content (AvgIpc) is 2.96. The van der Waals surface area contributed by atoms with Crippen molar-refractivity contribution in [1.29, 1.82) is 0 Å². The first-order chi connectivity index (χ1) is 9.04. The molecule has 5 heteroatoms. The Morgan fingerprint density at radius 1 is 1.32 bits per heavy atom. The Hall–Kier alpha value is -1.07. The lowest BCUT2D eigenvalue weighted by Crippen LogP contribution is -2.32. The summed E-state index contributed by atoms with van der Waals surface area (Å²) in [6, 6.07) is 5.21. The van der Waals surface area contributed by atoms with Gasteiger partial charge in [-0.2, -0.15) is 0 Å². The zero-order valence-corrected chi connectivity index (χ0v) is 11.9. The van der Waals surface area contributed by atoms with E-state index in [1.54, 1.807) is 18.2 Å². The maximum atomic E-state index is 12.3. The first kappa shape index (κ1) is 12.9. The fourth-order valence-corrected chi connectivity index (χ4v) is 4.27. The number of nitrogens with one attached hydrogen (secondary N) is 1. The van der Waals surface area contributed by atoms with Crippen LogP contribution < -0.4 is 9.46 Å². The van der Waals surface area contributed by atoms with Crippen LogP contribution in [0.5, 0.6) is 5.75 Å². The van der Waals surface area contributed by atoms with Gasteiger partial charge < -0.3 is 4.74 Å². The molecule has 104 valence electrons. The maximum Gasteiger partial charge on any atom is 0.240 e. The van der Waals surface area contributed by atoms with Crippen LogP contribution in [0.4, 0.5) is 0 Å². The second-order valence-corrected chi connectivity index (χ2v) is 7.32. The predicted octanol–water partition coefficient (Wildman–Crippen LogP) is 2.09. The molecule has 0 radical (unpaired) electrons. The molecule has 3 rings (SSSR count). The molecule has 1 fully saturated rings. The summed E-state index contributed by atoms with van der Waals surface area (Å²) in [7, 11) is -3.39. The topological polar surface area (TPSA) is 55.4 Å². The molecule has 0 amide bonds. The van der Waals surface area contributed by atoms with E-state index in [0.29, 0.717) is 17.4 Å². The molecule has 2 unspecified atom stereocenters. The van der Waals surface area contributed by atoms with Crippen molar-refractivity contribution in [3.63, 3.8) is 0 Å². The van der Waals surface area contributed by atoms with Gasteiger partial charge in [-0.15, -0.1) is 0 Å². The lowest BCUT2D eigenvalue weighted by Gasteiger charge is -2.13. The van der Waals surface area contributed by atoms with Crippen LogP contribution in [-0.4, -0.2) is 21.1 Å². The van der Waals surface area contributed by atoms with E-state index in [1.165, 1.54) is 0 Å². The highest BCUT2D eigenvalue weighted by molar-refractivity contribution is 7.89. The van der Waals surface area contributed by atoms with Gasteiger partial charge in [0.15, 0.2) is 0 Å². The van der Waals surface area contributed by atoms with Crippen molar-refractivity contribution < 1.29 is 13.2 Å². The minimum atomic E-state index is -3.39. The van der Waals surface area contributed by atoms with Gasteiger partial charge in [0.2, 0.25) is 10.0 Å². The normalized spacial score (nSPS) is 26.2. The number of ether oxygens (including phenoxy) is 1. The monoisotopic (exact) mass is 281 g/mol. The molecule has 1 aromatic carbocycles. The van der Waals surface area contributed by atoms with Crippen LogP contribution in [0.25, 0.3) is 0 Å². The van der Waals surface area contributed by atoms with Gasteiger partial charge in [-0.1, -0.05) is 6.92 Å². The molecule has 0 aromatic heterocycles. The summed E-state index contributed by atoms with van der Waals surface area (Å²) in [6.45, 7) is 2.81. The number of hydrogen-bond acceptors (Lipinski definition) is 3. The maximum absolute atomic E-state index is 12.3. The van der Waals surface area contributed by atoms with Crippen LogP contribution in [0.15, 0.2) is 23.1 Å². The van der Waals surface area contributed by atoms with E-state index in [4.69, 9.17) is 4.74 Å². The molecule has 4 nitrogen and oxygen atoms in total. The second kappa shape index (κ2) is 4.80. The number of benzene rings is 1. The van der Waals surface area contributed by atoms with Gasteiger partial charge in [0.05, 0.1) is 11.5 Å². The number of rotatable bonds is 3. The van der Waals surface area contributed by atoms with Gasteiger partial charge >= 0.3 is 0 Å². The van der Waals surface area contributed by atoms with E-state index in [-0.39, 0.29) is 6.04 Å². The molecule has 1 aliphatic heterocycles. The molecule has 1 heterocycles. The van der Waals surface area contributed by atoms with Crippen molar-refractivity contribution >= 4 is 10.0 Å².